The third-order valence-electron chi connectivity index (χ3n) is 11.2. The molecule has 4 amide bonds. The number of hydrazine groups is 1. The molecule has 2 N–H and O–H groups in total. The second kappa shape index (κ2) is 12.1. The zero-order chi connectivity index (χ0) is 35.8. The number of carbonyl (C=O) groups is 5. The summed E-state index contributed by atoms with van der Waals surface area (Å²) >= 11 is 6.93. The van der Waals surface area contributed by atoms with Gasteiger partial charge in [0.05, 0.1) is 34.5 Å². The number of hydrogen-bond donors (Lipinski definition) is 2. The first-order valence-corrected chi connectivity index (χ1v) is 17.3. The normalized spacial score (nSPS) is 26.8. The molecule has 4 aromatic rings. The molecular weight excluding hydrogens is 666 g/mol. The minimum Gasteiger partial charge on any atom is -0.508 e. The third-order valence-corrected chi connectivity index (χ3v) is 11.5. The second-order valence-corrected chi connectivity index (χ2v) is 14.3. The molecule has 0 radical (unpaired) electrons. The average Bonchev–Trinajstić information content (AvgIpc) is 3.50. The number of nitrogens with zero attached hydrogens (tertiary/aromatic N) is 2. The molecule has 2 saturated heterocycles. The number of fused-ring (bicyclic) bond motifs is 4. The average molecular weight is 700 g/mol. The van der Waals surface area contributed by atoms with Crippen LogP contribution < -0.4 is 10.3 Å². The number of carbonyl (C=O) groups excluding carboxylic acids is 5. The molecule has 6 atom stereocenters. The van der Waals surface area contributed by atoms with E-state index in [1.807, 2.05) is 55.5 Å². The molecule has 4 aromatic carbocycles. The number of ketones is 1. The Morgan fingerprint density at radius 1 is 0.863 bits per heavy atom. The molecule has 2 aliphatic heterocycles. The number of nitrogens with one attached hydrogen (secondary N) is 1. The van der Waals surface area contributed by atoms with Gasteiger partial charge in [-0.3, -0.25) is 34.3 Å². The summed E-state index contributed by atoms with van der Waals surface area (Å²) in [6.07, 6.45) is 2.35. The highest BCUT2D eigenvalue weighted by Crippen LogP contribution is 2.64. The van der Waals surface area contributed by atoms with Crippen molar-refractivity contribution in [3.8, 4) is 5.75 Å². The van der Waals surface area contributed by atoms with E-state index in [0.717, 1.165) is 16.1 Å². The fourth-order valence-corrected chi connectivity index (χ4v) is 9.23. The molecule has 9 nitrogen and oxygen atoms in total. The maximum Gasteiger partial charge on any atom is 0.260 e. The Labute approximate surface area is 299 Å². The van der Waals surface area contributed by atoms with E-state index in [1.54, 1.807) is 42.5 Å². The Bertz CT molecular complexity index is 2170. The van der Waals surface area contributed by atoms with Crippen LogP contribution in [-0.4, -0.2) is 39.5 Å². The van der Waals surface area contributed by atoms with Crippen molar-refractivity contribution in [1.29, 1.82) is 0 Å². The summed E-state index contributed by atoms with van der Waals surface area (Å²) in [4.78, 5) is 71.6. The van der Waals surface area contributed by atoms with Gasteiger partial charge in [0.1, 0.15) is 5.75 Å². The minimum atomic E-state index is -1.47. The van der Waals surface area contributed by atoms with Gasteiger partial charge in [-0.15, -0.1) is 0 Å². The van der Waals surface area contributed by atoms with Crippen LogP contribution in [0.25, 0.3) is 0 Å². The van der Waals surface area contributed by atoms with Gasteiger partial charge in [0.25, 0.3) is 11.8 Å². The standard InChI is InChI=1S/C41H34ClN3O6/c1-22-8-12-26(13-9-22)43-45-38(49)33-21-32-29(18-19-31-35(32)39(50)44(37(31)48)27-14-10-24(11-15-27)23(2)46)36(30-17-16-28(47)20-34(30)42)41(33,40(45)51)25-6-4-3-5-7-25/h3-18,20,31-33,35-36,43,47H,19,21H2,1-2H3/t31-,32+,33-,35-,36+,41+/m0/s1. The van der Waals surface area contributed by atoms with Crippen molar-refractivity contribution in [1.82, 2.24) is 5.01 Å². The number of imide groups is 2. The van der Waals surface area contributed by atoms with Gasteiger partial charge < -0.3 is 5.11 Å². The van der Waals surface area contributed by atoms with Crippen LogP contribution in [0.1, 0.15) is 52.7 Å². The van der Waals surface area contributed by atoms with Gasteiger partial charge >= 0.3 is 0 Å². The van der Waals surface area contributed by atoms with Crippen molar-refractivity contribution in [2.45, 2.75) is 38.0 Å². The summed E-state index contributed by atoms with van der Waals surface area (Å²) < 4.78 is 0. The first-order valence-electron chi connectivity index (χ1n) is 17.0. The monoisotopic (exact) mass is 699 g/mol. The van der Waals surface area contributed by atoms with Crippen molar-refractivity contribution in [3.05, 3.63) is 136 Å². The van der Waals surface area contributed by atoms with E-state index in [4.69, 9.17) is 11.6 Å². The molecular formula is C41H34ClN3O6. The maximum absolute atomic E-state index is 15.2. The minimum absolute atomic E-state index is 0.0569. The fraction of sp³-hybridized carbons (Fsp3) is 0.244. The van der Waals surface area contributed by atoms with Crippen molar-refractivity contribution in [2.24, 2.45) is 23.7 Å². The first kappa shape index (κ1) is 32.7. The molecule has 0 spiro atoms. The van der Waals surface area contributed by atoms with Crippen molar-refractivity contribution >= 4 is 52.4 Å². The number of aryl methyl sites for hydroxylation is 1. The Morgan fingerprint density at radius 3 is 2.24 bits per heavy atom. The molecule has 2 heterocycles. The van der Waals surface area contributed by atoms with E-state index in [0.29, 0.717) is 28.1 Å². The lowest BCUT2D eigenvalue weighted by molar-refractivity contribution is -0.138. The van der Waals surface area contributed by atoms with Crippen molar-refractivity contribution < 1.29 is 29.1 Å². The molecule has 0 bridgehead atoms. The predicted octanol–water partition coefficient (Wildman–Crippen LogP) is 6.75. The van der Waals surface area contributed by atoms with Crippen LogP contribution in [0, 0.1) is 30.6 Å². The summed E-state index contributed by atoms with van der Waals surface area (Å²) in [5.74, 6) is -5.61. The maximum atomic E-state index is 15.2. The molecule has 10 heteroatoms. The van der Waals surface area contributed by atoms with Crippen LogP contribution in [0.15, 0.2) is 109 Å². The number of phenolic OH excluding ortho intramolecular Hbond substituents is 1. The van der Waals surface area contributed by atoms with Crippen LogP contribution in [0.2, 0.25) is 5.02 Å². The molecule has 1 saturated carbocycles. The predicted molar refractivity (Wildman–Crippen MR) is 191 cm³/mol. The molecule has 256 valence electrons. The highest BCUT2D eigenvalue weighted by molar-refractivity contribution is 6.31. The molecule has 0 unspecified atom stereocenters. The van der Waals surface area contributed by atoms with Gasteiger partial charge in [0.2, 0.25) is 11.8 Å². The summed E-state index contributed by atoms with van der Waals surface area (Å²) in [5.41, 5.74) is 5.94. The van der Waals surface area contributed by atoms with E-state index in [9.17, 15) is 24.3 Å². The lowest BCUT2D eigenvalue weighted by Crippen LogP contribution is -2.53. The molecule has 0 aromatic heterocycles. The largest absolute Gasteiger partial charge is 0.508 e. The number of allylic oxidation sites excluding steroid dienone is 2. The Hall–Kier alpha value is -5.54. The zero-order valence-corrected chi connectivity index (χ0v) is 28.6. The number of halogens is 1. The number of amides is 4. The zero-order valence-electron chi connectivity index (χ0n) is 27.9. The second-order valence-electron chi connectivity index (χ2n) is 13.9. The SMILES string of the molecule is CC(=O)c1ccc(N2C(=O)[C@H]3[C@H](CC=C4[C@H]3C[C@H]3C(=O)N(Nc5ccc(C)cc5)C(=O)[C@@]3(c3ccccc3)[C@H]4c3ccc(O)cc3Cl)C2=O)cc1. The number of aromatic hydroxyl groups is 1. The molecule has 8 rings (SSSR count). The number of Topliss-reactive ketones (excluding diaryl/α,β-unsaturated/α-hetero) is 1. The third kappa shape index (κ3) is 4.86. The quantitative estimate of drug-likeness (QED) is 0.130. The van der Waals surface area contributed by atoms with Gasteiger partial charge in [-0.05, 0) is 92.3 Å². The Kier molecular flexibility index (Phi) is 7.72. The van der Waals surface area contributed by atoms with Gasteiger partial charge in [0, 0.05) is 16.5 Å². The van der Waals surface area contributed by atoms with E-state index in [-0.39, 0.29) is 41.2 Å². The summed E-state index contributed by atoms with van der Waals surface area (Å²) in [7, 11) is 0. The van der Waals surface area contributed by atoms with E-state index in [2.05, 4.69) is 5.43 Å². The molecule has 2 aliphatic carbocycles. The topological polar surface area (TPSA) is 124 Å². The van der Waals surface area contributed by atoms with Gasteiger partial charge in [-0.2, -0.15) is 5.01 Å². The van der Waals surface area contributed by atoms with Gasteiger partial charge in [0.15, 0.2) is 5.78 Å². The smallest absolute Gasteiger partial charge is 0.260 e. The van der Waals surface area contributed by atoms with E-state index in [1.165, 1.54) is 24.0 Å². The summed E-state index contributed by atoms with van der Waals surface area (Å²) in [6, 6.07) is 27.6. The van der Waals surface area contributed by atoms with E-state index >= 15 is 4.79 Å². The number of benzene rings is 4. The lowest BCUT2D eigenvalue weighted by Gasteiger charge is -2.50. The summed E-state index contributed by atoms with van der Waals surface area (Å²) in [6.45, 7) is 3.39. The number of phenols is 1. The van der Waals surface area contributed by atoms with Crippen LogP contribution in [0.5, 0.6) is 5.75 Å². The number of hydrogen-bond acceptors (Lipinski definition) is 7. The van der Waals surface area contributed by atoms with Crippen LogP contribution in [0.3, 0.4) is 0 Å². The highest BCUT2D eigenvalue weighted by atomic mass is 35.5. The fourth-order valence-electron chi connectivity index (χ4n) is 8.94. The molecule has 51 heavy (non-hydrogen) atoms. The van der Waals surface area contributed by atoms with Gasteiger partial charge in [-0.25, -0.2) is 0 Å². The van der Waals surface area contributed by atoms with Crippen molar-refractivity contribution in [3.63, 3.8) is 0 Å². The number of anilines is 2. The highest BCUT2D eigenvalue weighted by Gasteiger charge is 2.70. The number of rotatable bonds is 6. The Balaban J connectivity index is 1.30. The first-order chi connectivity index (χ1) is 24.5. The molecule has 4 aliphatic rings. The van der Waals surface area contributed by atoms with E-state index < -0.39 is 46.8 Å². The van der Waals surface area contributed by atoms with Crippen LogP contribution in [0.4, 0.5) is 11.4 Å². The Morgan fingerprint density at radius 2 is 1.57 bits per heavy atom. The van der Waals surface area contributed by atoms with Crippen molar-refractivity contribution in [2.75, 3.05) is 10.3 Å². The molecule has 3 fully saturated rings. The van der Waals surface area contributed by atoms with Gasteiger partial charge in [-0.1, -0.05) is 77.3 Å². The summed E-state index contributed by atoms with van der Waals surface area (Å²) in [5, 5.41) is 11.7. The lowest BCUT2D eigenvalue weighted by atomic mass is 9.49. The van der Waals surface area contributed by atoms with Crippen LogP contribution in [-0.2, 0) is 24.6 Å². The van der Waals surface area contributed by atoms with Crippen LogP contribution >= 0.6 is 11.6 Å².